The predicted octanol–water partition coefficient (Wildman–Crippen LogP) is 4.06. The molecule has 0 radical (unpaired) electrons. The summed E-state index contributed by atoms with van der Waals surface area (Å²) >= 11 is 0. The first-order valence-electron chi connectivity index (χ1n) is 8.45. The first-order valence-corrected chi connectivity index (χ1v) is 8.45. The van der Waals surface area contributed by atoms with Crippen LogP contribution in [0.3, 0.4) is 0 Å². The number of hydrogen-bond acceptors (Lipinski definition) is 6. The van der Waals surface area contributed by atoms with Gasteiger partial charge >= 0.3 is 0 Å². The normalized spacial score (nSPS) is 11.0. The van der Waals surface area contributed by atoms with Crippen LogP contribution in [0.2, 0.25) is 0 Å². The second-order valence-corrected chi connectivity index (χ2v) is 5.99. The molecular formula is C21H21NO5. The van der Waals surface area contributed by atoms with Crippen LogP contribution in [0.15, 0.2) is 47.0 Å². The van der Waals surface area contributed by atoms with E-state index in [1.54, 1.807) is 24.3 Å². The molecule has 0 aliphatic rings. The Labute approximate surface area is 157 Å². The van der Waals surface area contributed by atoms with E-state index in [9.17, 15) is 10.2 Å². The SMILES string of the molecule is COc1cc(/C=C/c2cc(CCc3ccc(O)c(OC)c3)on2)ccc1O. The number of phenolic OH excluding ortho intramolecular Hbond substituents is 2. The molecule has 0 unspecified atom stereocenters. The summed E-state index contributed by atoms with van der Waals surface area (Å²) in [5.74, 6) is 1.87. The summed E-state index contributed by atoms with van der Waals surface area (Å²) in [4.78, 5) is 0. The van der Waals surface area contributed by atoms with Gasteiger partial charge in [-0.2, -0.15) is 0 Å². The van der Waals surface area contributed by atoms with Gasteiger partial charge in [0.2, 0.25) is 0 Å². The van der Waals surface area contributed by atoms with E-state index in [0.29, 0.717) is 23.6 Å². The van der Waals surface area contributed by atoms with Crippen molar-refractivity contribution in [3.05, 3.63) is 65.0 Å². The molecule has 1 aromatic heterocycles. The maximum Gasteiger partial charge on any atom is 0.161 e. The highest BCUT2D eigenvalue weighted by molar-refractivity contribution is 5.69. The van der Waals surface area contributed by atoms with Gasteiger partial charge in [-0.3, -0.25) is 0 Å². The number of hydrogen-bond donors (Lipinski definition) is 2. The van der Waals surface area contributed by atoms with E-state index in [0.717, 1.165) is 23.3 Å². The second kappa shape index (κ2) is 8.31. The first kappa shape index (κ1) is 18.4. The summed E-state index contributed by atoms with van der Waals surface area (Å²) in [5.41, 5.74) is 2.63. The molecule has 0 amide bonds. The first-order chi connectivity index (χ1) is 13.1. The fourth-order valence-electron chi connectivity index (χ4n) is 2.65. The zero-order valence-corrected chi connectivity index (χ0v) is 15.2. The Morgan fingerprint density at radius 2 is 1.59 bits per heavy atom. The van der Waals surface area contributed by atoms with E-state index in [1.807, 2.05) is 30.4 Å². The van der Waals surface area contributed by atoms with E-state index < -0.39 is 0 Å². The van der Waals surface area contributed by atoms with Gasteiger partial charge in [0.25, 0.3) is 0 Å². The zero-order chi connectivity index (χ0) is 19.2. The average molecular weight is 367 g/mol. The maximum atomic E-state index is 9.64. The maximum absolute atomic E-state index is 9.64. The Hall–Kier alpha value is -3.41. The molecule has 0 bridgehead atoms. The van der Waals surface area contributed by atoms with Gasteiger partial charge < -0.3 is 24.2 Å². The summed E-state index contributed by atoms with van der Waals surface area (Å²) in [6.45, 7) is 0. The molecule has 0 atom stereocenters. The van der Waals surface area contributed by atoms with Gasteiger partial charge in [-0.1, -0.05) is 23.4 Å². The fraction of sp³-hybridized carbons (Fsp3) is 0.190. The smallest absolute Gasteiger partial charge is 0.161 e. The number of methoxy groups -OCH3 is 2. The molecular weight excluding hydrogens is 346 g/mol. The predicted molar refractivity (Wildman–Crippen MR) is 102 cm³/mol. The molecule has 0 saturated heterocycles. The quantitative estimate of drug-likeness (QED) is 0.655. The summed E-state index contributed by atoms with van der Waals surface area (Å²) in [5, 5.41) is 23.3. The lowest BCUT2D eigenvalue weighted by atomic mass is 10.1. The summed E-state index contributed by atoms with van der Waals surface area (Å²) in [6, 6.07) is 12.3. The summed E-state index contributed by atoms with van der Waals surface area (Å²) in [6.07, 6.45) is 5.13. The van der Waals surface area contributed by atoms with Crippen LogP contribution in [-0.4, -0.2) is 29.6 Å². The Morgan fingerprint density at radius 1 is 0.889 bits per heavy atom. The van der Waals surface area contributed by atoms with Gasteiger partial charge in [-0.25, -0.2) is 0 Å². The third kappa shape index (κ3) is 4.61. The summed E-state index contributed by atoms with van der Waals surface area (Å²) < 4.78 is 15.6. The van der Waals surface area contributed by atoms with Gasteiger partial charge in [0, 0.05) is 12.5 Å². The summed E-state index contributed by atoms with van der Waals surface area (Å²) in [7, 11) is 3.04. The van der Waals surface area contributed by atoms with E-state index in [1.165, 1.54) is 14.2 Å². The molecule has 27 heavy (non-hydrogen) atoms. The lowest BCUT2D eigenvalue weighted by Crippen LogP contribution is -1.91. The number of rotatable bonds is 7. The highest BCUT2D eigenvalue weighted by Gasteiger charge is 2.06. The Bertz CT molecular complexity index is 945. The van der Waals surface area contributed by atoms with Crippen molar-refractivity contribution in [3.8, 4) is 23.0 Å². The Kier molecular flexibility index (Phi) is 5.66. The van der Waals surface area contributed by atoms with Crippen LogP contribution < -0.4 is 9.47 Å². The Morgan fingerprint density at radius 3 is 2.33 bits per heavy atom. The van der Waals surface area contributed by atoms with Crippen molar-refractivity contribution in [2.45, 2.75) is 12.8 Å². The highest BCUT2D eigenvalue weighted by Crippen LogP contribution is 2.28. The lowest BCUT2D eigenvalue weighted by molar-refractivity contribution is 0.372. The minimum Gasteiger partial charge on any atom is -0.504 e. The largest absolute Gasteiger partial charge is 0.504 e. The minimum atomic E-state index is 0.101. The van der Waals surface area contributed by atoms with Crippen LogP contribution >= 0.6 is 0 Å². The molecule has 0 aliphatic carbocycles. The van der Waals surface area contributed by atoms with E-state index in [4.69, 9.17) is 14.0 Å². The molecule has 140 valence electrons. The third-order valence-electron chi connectivity index (χ3n) is 4.13. The number of nitrogens with zero attached hydrogens (tertiary/aromatic N) is 1. The molecule has 1 heterocycles. The molecule has 0 aliphatic heterocycles. The standard InChI is InChI=1S/C21H21NO5/c1-25-20-11-14(5-9-18(20)23)3-7-16-13-17(27-22-16)8-4-15-6-10-19(24)21(12-15)26-2/h3,5-7,9-13,23-24H,4,8H2,1-2H3/b7-3+. The van der Waals surface area contributed by atoms with Crippen molar-refractivity contribution in [3.63, 3.8) is 0 Å². The molecule has 0 spiro atoms. The lowest BCUT2D eigenvalue weighted by Gasteiger charge is -2.05. The third-order valence-corrected chi connectivity index (χ3v) is 4.13. The molecule has 2 aromatic carbocycles. The van der Waals surface area contributed by atoms with Gasteiger partial charge in [0.15, 0.2) is 23.0 Å². The fourth-order valence-corrected chi connectivity index (χ4v) is 2.65. The van der Waals surface area contributed by atoms with Crippen molar-refractivity contribution in [1.29, 1.82) is 0 Å². The van der Waals surface area contributed by atoms with Crippen molar-refractivity contribution >= 4 is 12.2 Å². The number of aryl methyl sites for hydroxylation is 2. The number of phenols is 2. The van der Waals surface area contributed by atoms with Crippen molar-refractivity contribution in [2.75, 3.05) is 14.2 Å². The van der Waals surface area contributed by atoms with Gasteiger partial charge in [-0.15, -0.1) is 0 Å². The number of aromatic hydroxyl groups is 2. The molecule has 2 N–H and O–H groups in total. The van der Waals surface area contributed by atoms with Crippen LogP contribution in [0.4, 0.5) is 0 Å². The molecule has 3 aromatic rings. The highest BCUT2D eigenvalue weighted by atomic mass is 16.5. The van der Waals surface area contributed by atoms with E-state index in [-0.39, 0.29) is 11.5 Å². The second-order valence-electron chi connectivity index (χ2n) is 5.99. The number of aromatic nitrogens is 1. The van der Waals surface area contributed by atoms with Gasteiger partial charge in [0.05, 0.1) is 14.2 Å². The Balaban J connectivity index is 1.63. The van der Waals surface area contributed by atoms with Gasteiger partial charge in [-0.05, 0) is 47.9 Å². The van der Waals surface area contributed by atoms with Crippen molar-refractivity contribution in [2.24, 2.45) is 0 Å². The van der Waals surface area contributed by atoms with Crippen LogP contribution in [0.5, 0.6) is 23.0 Å². The molecule has 0 saturated carbocycles. The van der Waals surface area contributed by atoms with E-state index >= 15 is 0 Å². The van der Waals surface area contributed by atoms with E-state index in [2.05, 4.69) is 5.16 Å². The topological polar surface area (TPSA) is 85.0 Å². The van der Waals surface area contributed by atoms with Crippen LogP contribution in [-0.2, 0) is 12.8 Å². The van der Waals surface area contributed by atoms with Crippen molar-refractivity contribution < 1.29 is 24.2 Å². The number of benzene rings is 2. The monoisotopic (exact) mass is 367 g/mol. The van der Waals surface area contributed by atoms with Crippen LogP contribution in [0, 0.1) is 0 Å². The minimum absolute atomic E-state index is 0.101. The van der Waals surface area contributed by atoms with Gasteiger partial charge in [0.1, 0.15) is 11.5 Å². The average Bonchev–Trinajstić information content (AvgIpc) is 3.14. The number of ether oxygens (including phenoxy) is 2. The van der Waals surface area contributed by atoms with Crippen molar-refractivity contribution in [1.82, 2.24) is 5.16 Å². The molecule has 0 fully saturated rings. The van der Waals surface area contributed by atoms with Crippen LogP contribution in [0.1, 0.15) is 22.6 Å². The van der Waals surface area contributed by atoms with Crippen LogP contribution in [0.25, 0.3) is 12.2 Å². The molecule has 6 nitrogen and oxygen atoms in total. The molecule has 6 heteroatoms. The molecule has 3 rings (SSSR count). The zero-order valence-electron chi connectivity index (χ0n) is 15.2.